The van der Waals surface area contributed by atoms with Gasteiger partial charge in [0.1, 0.15) is 0 Å². The second-order valence-corrected chi connectivity index (χ2v) is 3.66. The van der Waals surface area contributed by atoms with Gasteiger partial charge in [0.2, 0.25) is 11.9 Å². The summed E-state index contributed by atoms with van der Waals surface area (Å²) in [6.45, 7) is 0.222. The molecule has 5 nitrogen and oxygen atoms in total. The lowest BCUT2D eigenvalue weighted by molar-refractivity contribution is -0.128. The number of amides is 2. The van der Waals surface area contributed by atoms with E-state index in [-0.39, 0.29) is 24.4 Å². The molecule has 1 N–H and O–H groups in total. The van der Waals surface area contributed by atoms with E-state index in [4.69, 9.17) is 0 Å². The number of hydrogen-bond acceptors (Lipinski definition) is 3. The maximum atomic E-state index is 12.7. The average Bonchev–Trinajstić information content (AvgIpc) is 2.28. The lowest BCUT2D eigenvalue weighted by atomic mass is 10.2. The molecular formula is C11H14FN3O2. The number of pyridine rings is 1. The van der Waals surface area contributed by atoms with Gasteiger partial charge in [0.05, 0.1) is 0 Å². The van der Waals surface area contributed by atoms with Crippen molar-refractivity contribution in [2.75, 3.05) is 20.6 Å². The first kappa shape index (κ1) is 13.1. The molecule has 0 unspecified atom stereocenters. The van der Waals surface area contributed by atoms with Gasteiger partial charge in [0, 0.05) is 44.9 Å². The highest BCUT2D eigenvalue weighted by Gasteiger charge is 2.08. The van der Waals surface area contributed by atoms with E-state index < -0.39 is 11.9 Å². The van der Waals surface area contributed by atoms with Gasteiger partial charge in [0.25, 0.3) is 5.91 Å². The molecule has 0 aliphatic rings. The molecule has 0 atom stereocenters. The fraction of sp³-hybridized carbons (Fsp3) is 0.364. The van der Waals surface area contributed by atoms with Gasteiger partial charge in [-0.3, -0.25) is 9.59 Å². The van der Waals surface area contributed by atoms with E-state index in [0.717, 1.165) is 6.07 Å². The molecule has 0 aliphatic carbocycles. The molecule has 92 valence electrons. The van der Waals surface area contributed by atoms with Gasteiger partial charge in [-0.1, -0.05) is 0 Å². The Morgan fingerprint density at radius 2 is 2.18 bits per heavy atom. The number of rotatable bonds is 4. The molecule has 0 aliphatic heterocycles. The maximum Gasteiger partial charge on any atom is 0.251 e. The molecule has 1 heterocycles. The molecule has 0 radical (unpaired) electrons. The van der Waals surface area contributed by atoms with Crippen LogP contribution < -0.4 is 5.32 Å². The molecule has 0 spiro atoms. The summed E-state index contributed by atoms with van der Waals surface area (Å²) in [6, 6.07) is 2.45. The zero-order chi connectivity index (χ0) is 12.8. The Labute approximate surface area is 98.6 Å². The van der Waals surface area contributed by atoms with E-state index in [1.54, 1.807) is 14.1 Å². The number of halogens is 1. The molecule has 1 aromatic heterocycles. The minimum Gasteiger partial charge on any atom is -0.352 e. The second-order valence-electron chi connectivity index (χ2n) is 3.66. The van der Waals surface area contributed by atoms with Crippen LogP contribution in [-0.4, -0.2) is 42.3 Å². The van der Waals surface area contributed by atoms with E-state index in [9.17, 15) is 14.0 Å². The van der Waals surface area contributed by atoms with Crippen molar-refractivity contribution in [3.8, 4) is 0 Å². The first-order chi connectivity index (χ1) is 8.00. The Morgan fingerprint density at radius 3 is 2.76 bits per heavy atom. The molecule has 0 aromatic carbocycles. The standard InChI is InChI=1S/C11H14FN3O2/c1-15(2)10(16)4-6-14-11(17)8-3-5-13-9(12)7-8/h3,5,7H,4,6H2,1-2H3,(H,14,17). The summed E-state index contributed by atoms with van der Waals surface area (Å²) in [6.07, 6.45) is 1.43. The average molecular weight is 239 g/mol. The summed E-state index contributed by atoms with van der Waals surface area (Å²) in [5, 5.41) is 2.53. The third-order valence-corrected chi connectivity index (χ3v) is 2.11. The highest BCUT2D eigenvalue weighted by molar-refractivity contribution is 5.94. The number of carbonyl (C=O) groups excluding carboxylic acids is 2. The predicted octanol–water partition coefficient (Wildman–Crippen LogP) is 0.429. The van der Waals surface area contributed by atoms with Crippen LogP contribution in [0.1, 0.15) is 16.8 Å². The number of carbonyl (C=O) groups is 2. The summed E-state index contributed by atoms with van der Waals surface area (Å²) in [5.41, 5.74) is 0.190. The first-order valence-electron chi connectivity index (χ1n) is 5.10. The summed E-state index contributed by atoms with van der Waals surface area (Å²) in [5.74, 6) is -1.20. The SMILES string of the molecule is CN(C)C(=O)CCNC(=O)c1ccnc(F)c1. The van der Waals surface area contributed by atoms with Gasteiger partial charge in [-0.2, -0.15) is 4.39 Å². The molecule has 2 amide bonds. The normalized spacial score (nSPS) is 9.82. The van der Waals surface area contributed by atoms with E-state index in [1.807, 2.05) is 0 Å². The summed E-state index contributed by atoms with van der Waals surface area (Å²) in [7, 11) is 3.28. The quantitative estimate of drug-likeness (QED) is 0.775. The van der Waals surface area contributed by atoms with Crippen LogP contribution in [0.4, 0.5) is 4.39 Å². The van der Waals surface area contributed by atoms with Crippen molar-refractivity contribution in [3.05, 3.63) is 29.8 Å². The lowest BCUT2D eigenvalue weighted by Crippen LogP contribution is -2.30. The molecule has 1 rings (SSSR count). The van der Waals surface area contributed by atoms with Crippen molar-refractivity contribution in [2.24, 2.45) is 0 Å². The monoisotopic (exact) mass is 239 g/mol. The van der Waals surface area contributed by atoms with E-state index >= 15 is 0 Å². The fourth-order valence-corrected chi connectivity index (χ4v) is 1.15. The van der Waals surface area contributed by atoms with Crippen molar-refractivity contribution in [1.29, 1.82) is 0 Å². The van der Waals surface area contributed by atoms with Crippen LogP contribution in [0.25, 0.3) is 0 Å². The highest BCUT2D eigenvalue weighted by atomic mass is 19.1. The van der Waals surface area contributed by atoms with Crippen LogP contribution >= 0.6 is 0 Å². The topological polar surface area (TPSA) is 62.3 Å². The van der Waals surface area contributed by atoms with E-state index in [0.29, 0.717) is 0 Å². The second kappa shape index (κ2) is 5.93. The Balaban J connectivity index is 2.43. The van der Waals surface area contributed by atoms with E-state index in [1.165, 1.54) is 17.2 Å². The Kier molecular flexibility index (Phi) is 4.56. The van der Waals surface area contributed by atoms with Crippen molar-refractivity contribution in [1.82, 2.24) is 15.2 Å². The van der Waals surface area contributed by atoms with Crippen molar-refractivity contribution < 1.29 is 14.0 Å². The van der Waals surface area contributed by atoms with Crippen LogP contribution in [0, 0.1) is 5.95 Å². The minimum atomic E-state index is -0.706. The largest absolute Gasteiger partial charge is 0.352 e. The first-order valence-corrected chi connectivity index (χ1v) is 5.10. The highest BCUT2D eigenvalue weighted by Crippen LogP contribution is 2.00. The minimum absolute atomic E-state index is 0.0776. The molecule has 0 fully saturated rings. The Bertz CT molecular complexity index is 421. The maximum absolute atomic E-state index is 12.7. The zero-order valence-electron chi connectivity index (χ0n) is 9.74. The van der Waals surface area contributed by atoms with Gasteiger partial charge in [0.15, 0.2) is 0 Å². The summed E-state index contributed by atoms with van der Waals surface area (Å²) < 4.78 is 12.7. The number of hydrogen-bond donors (Lipinski definition) is 1. The van der Waals surface area contributed by atoms with Crippen molar-refractivity contribution in [2.45, 2.75) is 6.42 Å². The van der Waals surface area contributed by atoms with Gasteiger partial charge < -0.3 is 10.2 Å². The van der Waals surface area contributed by atoms with Gasteiger partial charge >= 0.3 is 0 Å². The van der Waals surface area contributed by atoms with Gasteiger partial charge in [-0.15, -0.1) is 0 Å². The zero-order valence-corrected chi connectivity index (χ0v) is 9.74. The Morgan fingerprint density at radius 1 is 1.47 bits per heavy atom. The number of nitrogens with one attached hydrogen (secondary N) is 1. The number of nitrogens with zero attached hydrogens (tertiary/aromatic N) is 2. The molecule has 6 heteroatoms. The van der Waals surface area contributed by atoms with Crippen LogP contribution in [0.5, 0.6) is 0 Å². The van der Waals surface area contributed by atoms with Crippen LogP contribution in [0.15, 0.2) is 18.3 Å². The molecule has 1 aromatic rings. The summed E-state index contributed by atoms with van der Waals surface area (Å²) >= 11 is 0. The van der Waals surface area contributed by atoms with Crippen LogP contribution in [-0.2, 0) is 4.79 Å². The molecular weight excluding hydrogens is 225 g/mol. The van der Waals surface area contributed by atoms with Crippen LogP contribution in [0.2, 0.25) is 0 Å². The Hall–Kier alpha value is -1.98. The summed E-state index contributed by atoms with van der Waals surface area (Å²) in [4.78, 5) is 27.5. The lowest BCUT2D eigenvalue weighted by Gasteiger charge is -2.10. The predicted molar refractivity (Wildman–Crippen MR) is 59.8 cm³/mol. The van der Waals surface area contributed by atoms with E-state index in [2.05, 4.69) is 10.3 Å². The molecule has 17 heavy (non-hydrogen) atoms. The van der Waals surface area contributed by atoms with Gasteiger partial charge in [-0.05, 0) is 6.07 Å². The molecule has 0 saturated carbocycles. The van der Waals surface area contributed by atoms with Crippen molar-refractivity contribution >= 4 is 11.8 Å². The number of aromatic nitrogens is 1. The van der Waals surface area contributed by atoms with Crippen LogP contribution in [0.3, 0.4) is 0 Å². The van der Waals surface area contributed by atoms with Gasteiger partial charge in [-0.25, -0.2) is 4.98 Å². The molecule has 0 saturated heterocycles. The third-order valence-electron chi connectivity index (χ3n) is 2.11. The third kappa shape index (κ3) is 4.18. The fourth-order valence-electron chi connectivity index (χ4n) is 1.15. The smallest absolute Gasteiger partial charge is 0.251 e. The van der Waals surface area contributed by atoms with Crippen molar-refractivity contribution in [3.63, 3.8) is 0 Å². The molecule has 0 bridgehead atoms.